The summed E-state index contributed by atoms with van der Waals surface area (Å²) in [5.74, 6) is 0.462. The number of imidazole rings is 1. The molecule has 0 amide bonds. The van der Waals surface area contributed by atoms with Crippen molar-refractivity contribution in [2.24, 2.45) is 0 Å². The van der Waals surface area contributed by atoms with Gasteiger partial charge in [-0.1, -0.05) is 25.4 Å². The van der Waals surface area contributed by atoms with E-state index in [0.717, 1.165) is 5.82 Å². The minimum absolute atomic E-state index is 0.314. The summed E-state index contributed by atoms with van der Waals surface area (Å²) < 4.78 is 13.7. The molecular weight excluding hydrogens is 253 g/mol. The van der Waals surface area contributed by atoms with Crippen LogP contribution in [0.4, 0.5) is 4.39 Å². The molecule has 96 valence electrons. The van der Waals surface area contributed by atoms with Crippen molar-refractivity contribution in [2.75, 3.05) is 0 Å². The van der Waals surface area contributed by atoms with Crippen LogP contribution in [-0.2, 0) is 6.54 Å². The fraction of sp³-hybridized carbons (Fsp3) is 0.308. The third-order valence-electron chi connectivity index (χ3n) is 2.52. The highest BCUT2D eigenvalue weighted by molar-refractivity contribution is 6.30. The van der Waals surface area contributed by atoms with Crippen LogP contribution in [0.15, 0.2) is 24.4 Å². The Kier molecular flexibility index (Phi) is 3.99. The summed E-state index contributed by atoms with van der Waals surface area (Å²) in [4.78, 5) is 7.29. The molecule has 0 bridgehead atoms. The number of nitrogens with one attached hydrogen (secondary N) is 2. The Morgan fingerprint density at radius 3 is 2.94 bits per heavy atom. The maximum absolute atomic E-state index is 13.7. The molecule has 0 saturated heterocycles. The van der Waals surface area contributed by atoms with E-state index in [-0.39, 0.29) is 5.82 Å². The molecule has 1 aromatic heterocycles. The average molecular weight is 268 g/mol. The van der Waals surface area contributed by atoms with E-state index >= 15 is 0 Å². The fourth-order valence-corrected chi connectivity index (χ4v) is 1.77. The van der Waals surface area contributed by atoms with Gasteiger partial charge < -0.3 is 10.3 Å². The molecule has 0 spiro atoms. The van der Waals surface area contributed by atoms with Crippen LogP contribution in [0.1, 0.15) is 19.7 Å². The quantitative estimate of drug-likeness (QED) is 0.892. The SMILES string of the molecule is CC(C)NCc1ncc(-c2cc(Cl)ccc2F)[nH]1. The predicted molar refractivity (Wildman–Crippen MR) is 71.0 cm³/mol. The highest BCUT2D eigenvalue weighted by Crippen LogP contribution is 2.24. The fourth-order valence-electron chi connectivity index (χ4n) is 1.59. The van der Waals surface area contributed by atoms with Gasteiger partial charge in [-0.2, -0.15) is 0 Å². The summed E-state index contributed by atoms with van der Waals surface area (Å²) in [6, 6.07) is 4.84. The standard InChI is InChI=1S/C13H15ClFN3/c1-8(2)16-7-13-17-6-12(18-13)10-5-9(14)3-4-11(10)15/h3-6,8,16H,7H2,1-2H3,(H,17,18). The molecule has 0 aliphatic rings. The van der Waals surface area contributed by atoms with Gasteiger partial charge in [-0.25, -0.2) is 9.37 Å². The van der Waals surface area contributed by atoms with Crippen molar-refractivity contribution >= 4 is 11.6 Å². The van der Waals surface area contributed by atoms with E-state index in [0.29, 0.717) is 28.9 Å². The summed E-state index contributed by atoms with van der Waals surface area (Å²) in [5.41, 5.74) is 1.07. The van der Waals surface area contributed by atoms with E-state index in [1.165, 1.54) is 12.1 Å². The van der Waals surface area contributed by atoms with Gasteiger partial charge in [-0.3, -0.25) is 0 Å². The first-order chi connectivity index (χ1) is 8.56. The Bertz CT molecular complexity index is 537. The van der Waals surface area contributed by atoms with Crippen molar-refractivity contribution in [3.63, 3.8) is 0 Å². The van der Waals surface area contributed by atoms with E-state index in [9.17, 15) is 4.39 Å². The Morgan fingerprint density at radius 2 is 2.22 bits per heavy atom. The first kappa shape index (κ1) is 13.1. The second-order valence-corrected chi connectivity index (χ2v) is 4.84. The van der Waals surface area contributed by atoms with Gasteiger partial charge in [0.2, 0.25) is 0 Å². The molecule has 18 heavy (non-hydrogen) atoms. The number of aromatic nitrogens is 2. The molecule has 0 unspecified atom stereocenters. The summed E-state index contributed by atoms with van der Waals surface area (Å²) in [5, 5.41) is 3.74. The molecule has 0 fully saturated rings. The van der Waals surface area contributed by atoms with Crippen molar-refractivity contribution < 1.29 is 4.39 Å². The zero-order chi connectivity index (χ0) is 13.1. The lowest BCUT2D eigenvalue weighted by Gasteiger charge is -2.05. The third kappa shape index (κ3) is 3.09. The lowest BCUT2D eigenvalue weighted by molar-refractivity contribution is 0.575. The minimum atomic E-state index is -0.314. The van der Waals surface area contributed by atoms with Crippen LogP contribution in [0.25, 0.3) is 11.3 Å². The number of aromatic amines is 1. The van der Waals surface area contributed by atoms with E-state index < -0.39 is 0 Å². The van der Waals surface area contributed by atoms with Crippen LogP contribution in [-0.4, -0.2) is 16.0 Å². The Balaban J connectivity index is 2.21. The van der Waals surface area contributed by atoms with E-state index in [1.54, 1.807) is 12.3 Å². The molecule has 1 heterocycles. The number of hydrogen-bond donors (Lipinski definition) is 2. The molecular formula is C13H15ClFN3. The largest absolute Gasteiger partial charge is 0.341 e. The average Bonchev–Trinajstić information content (AvgIpc) is 2.78. The minimum Gasteiger partial charge on any atom is -0.341 e. The second-order valence-electron chi connectivity index (χ2n) is 4.40. The molecule has 0 radical (unpaired) electrons. The van der Waals surface area contributed by atoms with Crippen LogP contribution >= 0.6 is 11.6 Å². The van der Waals surface area contributed by atoms with Crippen LogP contribution in [0.3, 0.4) is 0 Å². The number of nitrogens with zero attached hydrogens (tertiary/aromatic N) is 1. The summed E-state index contributed by atoms with van der Waals surface area (Å²) in [7, 11) is 0. The van der Waals surface area contributed by atoms with Gasteiger partial charge in [-0.15, -0.1) is 0 Å². The van der Waals surface area contributed by atoms with Crippen molar-refractivity contribution in [2.45, 2.75) is 26.4 Å². The number of benzene rings is 1. The molecule has 0 atom stereocenters. The molecule has 2 rings (SSSR count). The number of hydrogen-bond acceptors (Lipinski definition) is 2. The van der Waals surface area contributed by atoms with E-state index in [1.807, 2.05) is 0 Å². The third-order valence-corrected chi connectivity index (χ3v) is 2.76. The zero-order valence-corrected chi connectivity index (χ0v) is 11.1. The van der Waals surface area contributed by atoms with Crippen molar-refractivity contribution in [1.82, 2.24) is 15.3 Å². The zero-order valence-electron chi connectivity index (χ0n) is 10.3. The van der Waals surface area contributed by atoms with Crippen LogP contribution in [0.5, 0.6) is 0 Å². The molecule has 3 nitrogen and oxygen atoms in total. The molecule has 0 aliphatic heterocycles. The number of halogens is 2. The van der Waals surface area contributed by atoms with Gasteiger partial charge >= 0.3 is 0 Å². The number of rotatable bonds is 4. The van der Waals surface area contributed by atoms with Crippen LogP contribution in [0, 0.1) is 5.82 Å². The highest BCUT2D eigenvalue weighted by Gasteiger charge is 2.09. The smallest absolute Gasteiger partial charge is 0.132 e. The Morgan fingerprint density at radius 1 is 1.44 bits per heavy atom. The molecule has 0 saturated carbocycles. The van der Waals surface area contributed by atoms with E-state index in [4.69, 9.17) is 11.6 Å². The topological polar surface area (TPSA) is 40.7 Å². The maximum Gasteiger partial charge on any atom is 0.132 e. The first-order valence-electron chi connectivity index (χ1n) is 5.79. The van der Waals surface area contributed by atoms with Gasteiger partial charge in [0.05, 0.1) is 18.4 Å². The summed E-state index contributed by atoms with van der Waals surface area (Å²) >= 11 is 5.86. The van der Waals surface area contributed by atoms with Crippen LogP contribution in [0.2, 0.25) is 5.02 Å². The molecule has 0 aliphatic carbocycles. The number of H-pyrrole nitrogens is 1. The molecule has 2 N–H and O–H groups in total. The second kappa shape index (κ2) is 5.50. The molecule has 5 heteroatoms. The summed E-state index contributed by atoms with van der Waals surface area (Å²) in [6.07, 6.45) is 1.62. The Labute approximate surface area is 110 Å². The lowest BCUT2D eigenvalue weighted by Crippen LogP contribution is -2.22. The van der Waals surface area contributed by atoms with Gasteiger partial charge in [0, 0.05) is 16.6 Å². The van der Waals surface area contributed by atoms with Gasteiger partial charge in [0.1, 0.15) is 11.6 Å². The first-order valence-corrected chi connectivity index (χ1v) is 6.16. The van der Waals surface area contributed by atoms with Crippen molar-refractivity contribution in [3.05, 3.63) is 41.1 Å². The monoisotopic (exact) mass is 267 g/mol. The summed E-state index contributed by atoms with van der Waals surface area (Å²) in [6.45, 7) is 4.74. The molecule has 2 aromatic rings. The van der Waals surface area contributed by atoms with Crippen molar-refractivity contribution in [1.29, 1.82) is 0 Å². The van der Waals surface area contributed by atoms with Crippen molar-refractivity contribution in [3.8, 4) is 11.3 Å². The van der Waals surface area contributed by atoms with Gasteiger partial charge in [0.15, 0.2) is 0 Å². The maximum atomic E-state index is 13.7. The molecule has 1 aromatic carbocycles. The lowest BCUT2D eigenvalue weighted by atomic mass is 10.1. The van der Waals surface area contributed by atoms with Crippen LogP contribution < -0.4 is 5.32 Å². The van der Waals surface area contributed by atoms with E-state index in [2.05, 4.69) is 29.1 Å². The van der Waals surface area contributed by atoms with Gasteiger partial charge in [-0.05, 0) is 18.2 Å². The Hall–Kier alpha value is -1.39. The van der Waals surface area contributed by atoms with Gasteiger partial charge in [0.25, 0.3) is 0 Å². The normalized spacial score (nSPS) is 11.2. The highest BCUT2D eigenvalue weighted by atomic mass is 35.5. The predicted octanol–water partition coefficient (Wildman–Crippen LogP) is 3.37.